The van der Waals surface area contributed by atoms with Crippen molar-refractivity contribution in [2.75, 3.05) is 11.9 Å². The Hall–Kier alpha value is -2.89. The summed E-state index contributed by atoms with van der Waals surface area (Å²) in [6.45, 7) is 6.52. The zero-order valence-electron chi connectivity index (χ0n) is 16.0. The first kappa shape index (κ1) is 20.4. The highest BCUT2D eigenvalue weighted by Crippen LogP contribution is 2.22. The fraction of sp³-hybridized carbons (Fsp3) is 0.333. The van der Waals surface area contributed by atoms with Gasteiger partial charge in [-0.3, -0.25) is 4.79 Å². The Bertz CT molecular complexity index is 815. The van der Waals surface area contributed by atoms with E-state index >= 15 is 0 Å². The van der Waals surface area contributed by atoms with Gasteiger partial charge in [0.1, 0.15) is 11.6 Å². The summed E-state index contributed by atoms with van der Waals surface area (Å²) in [6.07, 6.45) is 0.773. The van der Waals surface area contributed by atoms with Gasteiger partial charge in [0.05, 0.1) is 0 Å². The van der Waals surface area contributed by atoms with Crippen molar-refractivity contribution in [3.8, 4) is 5.75 Å². The second-order valence-electron chi connectivity index (χ2n) is 6.65. The SMILES string of the molecule is CCc1cccc(C)c1NC(=O)COC(=O)C(C)(C)Oc1ccc(F)cc1. The number of ether oxygens (including phenoxy) is 2. The number of aryl methyl sites for hydroxylation is 2. The van der Waals surface area contributed by atoms with Gasteiger partial charge < -0.3 is 14.8 Å². The summed E-state index contributed by atoms with van der Waals surface area (Å²) in [5.41, 5.74) is 1.36. The molecule has 0 spiro atoms. The van der Waals surface area contributed by atoms with Crippen molar-refractivity contribution < 1.29 is 23.5 Å². The minimum Gasteiger partial charge on any atom is -0.476 e. The average Bonchev–Trinajstić information content (AvgIpc) is 2.63. The van der Waals surface area contributed by atoms with E-state index < -0.39 is 29.9 Å². The number of para-hydroxylation sites is 1. The molecule has 0 aliphatic heterocycles. The quantitative estimate of drug-likeness (QED) is 0.744. The highest BCUT2D eigenvalue weighted by molar-refractivity contribution is 5.94. The molecule has 0 aliphatic rings. The molecule has 2 aromatic carbocycles. The zero-order valence-corrected chi connectivity index (χ0v) is 16.0. The van der Waals surface area contributed by atoms with E-state index in [1.54, 1.807) is 0 Å². The maximum absolute atomic E-state index is 13.0. The van der Waals surface area contributed by atoms with Gasteiger partial charge in [-0.1, -0.05) is 25.1 Å². The van der Waals surface area contributed by atoms with Crippen molar-refractivity contribution in [2.45, 2.75) is 39.7 Å². The number of carbonyl (C=O) groups excluding carboxylic acids is 2. The van der Waals surface area contributed by atoms with Crippen LogP contribution in [0.4, 0.5) is 10.1 Å². The van der Waals surface area contributed by atoms with Crippen LogP contribution in [0.25, 0.3) is 0 Å². The summed E-state index contributed by atoms with van der Waals surface area (Å²) in [4.78, 5) is 24.5. The third-order valence-corrected chi connectivity index (χ3v) is 4.02. The maximum Gasteiger partial charge on any atom is 0.350 e. The first-order valence-corrected chi connectivity index (χ1v) is 8.73. The van der Waals surface area contributed by atoms with Crippen LogP contribution >= 0.6 is 0 Å². The Kier molecular flexibility index (Phi) is 6.55. The third-order valence-electron chi connectivity index (χ3n) is 4.02. The van der Waals surface area contributed by atoms with Gasteiger partial charge in [0.25, 0.3) is 5.91 Å². The number of rotatable bonds is 7. The Morgan fingerprint density at radius 1 is 1.11 bits per heavy atom. The summed E-state index contributed by atoms with van der Waals surface area (Å²) in [6, 6.07) is 11.1. The lowest BCUT2D eigenvalue weighted by Crippen LogP contribution is -2.41. The largest absolute Gasteiger partial charge is 0.476 e. The van der Waals surface area contributed by atoms with Gasteiger partial charge in [0.2, 0.25) is 0 Å². The minimum absolute atomic E-state index is 0.329. The molecule has 1 N–H and O–H groups in total. The van der Waals surface area contributed by atoms with E-state index in [-0.39, 0.29) is 0 Å². The van der Waals surface area contributed by atoms with Crippen LogP contribution in [0.3, 0.4) is 0 Å². The smallest absolute Gasteiger partial charge is 0.350 e. The molecule has 2 aromatic rings. The van der Waals surface area contributed by atoms with Gasteiger partial charge in [-0.05, 0) is 62.6 Å². The number of nitrogens with one attached hydrogen (secondary N) is 1. The third kappa shape index (κ3) is 5.54. The number of amides is 1. The number of benzene rings is 2. The lowest BCUT2D eigenvalue weighted by Gasteiger charge is -2.24. The van der Waals surface area contributed by atoms with Gasteiger partial charge in [0.15, 0.2) is 12.2 Å². The standard InChI is InChI=1S/C21H24FNO4/c1-5-15-8-6-7-14(2)19(15)23-18(24)13-26-20(25)21(3,4)27-17-11-9-16(22)10-12-17/h6-12H,5,13H2,1-4H3,(H,23,24). The predicted molar refractivity (Wildman–Crippen MR) is 101 cm³/mol. The van der Waals surface area contributed by atoms with E-state index in [4.69, 9.17) is 9.47 Å². The fourth-order valence-electron chi connectivity index (χ4n) is 2.52. The molecule has 2 rings (SSSR count). The Labute approximate surface area is 158 Å². The van der Waals surface area contributed by atoms with Crippen molar-refractivity contribution >= 4 is 17.6 Å². The van der Waals surface area contributed by atoms with Crippen molar-refractivity contribution in [3.05, 3.63) is 59.4 Å². The molecule has 0 atom stereocenters. The molecule has 144 valence electrons. The van der Waals surface area contributed by atoms with Crippen LogP contribution in [0.5, 0.6) is 5.75 Å². The molecular formula is C21H24FNO4. The number of hydrogen-bond donors (Lipinski definition) is 1. The molecule has 0 saturated carbocycles. The highest BCUT2D eigenvalue weighted by Gasteiger charge is 2.32. The molecule has 0 saturated heterocycles. The second-order valence-corrected chi connectivity index (χ2v) is 6.65. The average molecular weight is 373 g/mol. The van der Waals surface area contributed by atoms with Gasteiger partial charge >= 0.3 is 5.97 Å². The number of halogens is 1. The monoisotopic (exact) mass is 373 g/mol. The Balaban J connectivity index is 1.94. The van der Waals surface area contributed by atoms with E-state index in [9.17, 15) is 14.0 Å². The van der Waals surface area contributed by atoms with E-state index in [1.807, 2.05) is 32.0 Å². The Morgan fingerprint density at radius 2 is 1.78 bits per heavy atom. The molecule has 1 amide bonds. The molecule has 0 radical (unpaired) electrons. The second kappa shape index (κ2) is 8.66. The summed E-state index contributed by atoms with van der Waals surface area (Å²) in [5, 5.41) is 2.79. The van der Waals surface area contributed by atoms with E-state index in [0.717, 1.165) is 23.2 Å². The molecule has 27 heavy (non-hydrogen) atoms. The summed E-state index contributed by atoms with van der Waals surface area (Å²) >= 11 is 0. The van der Waals surface area contributed by atoms with Crippen LogP contribution in [0.1, 0.15) is 31.9 Å². The molecule has 0 bridgehead atoms. The first-order valence-electron chi connectivity index (χ1n) is 8.73. The van der Waals surface area contributed by atoms with Crippen LogP contribution in [0.2, 0.25) is 0 Å². The zero-order chi connectivity index (χ0) is 20.0. The van der Waals surface area contributed by atoms with Crippen molar-refractivity contribution in [1.29, 1.82) is 0 Å². The van der Waals surface area contributed by atoms with E-state index in [0.29, 0.717) is 5.75 Å². The highest BCUT2D eigenvalue weighted by atomic mass is 19.1. The van der Waals surface area contributed by atoms with Gasteiger partial charge in [-0.15, -0.1) is 0 Å². The first-order chi connectivity index (χ1) is 12.7. The van der Waals surface area contributed by atoms with Crippen LogP contribution < -0.4 is 10.1 Å². The van der Waals surface area contributed by atoms with E-state index in [1.165, 1.54) is 38.1 Å². The molecule has 0 fully saturated rings. The van der Waals surface area contributed by atoms with Crippen molar-refractivity contribution in [3.63, 3.8) is 0 Å². The van der Waals surface area contributed by atoms with Gasteiger partial charge in [-0.25, -0.2) is 9.18 Å². The Morgan fingerprint density at radius 3 is 2.41 bits per heavy atom. The molecule has 0 heterocycles. The summed E-state index contributed by atoms with van der Waals surface area (Å²) in [7, 11) is 0. The molecule has 0 aromatic heterocycles. The van der Waals surface area contributed by atoms with Crippen LogP contribution in [-0.2, 0) is 20.7 Å². The molecule has 0 unspecified atom stereocenters. The molecule has 6 heteroatoms. The van der Waals surface area contributed by atoms with Crippen LogP contribution in [0, 0.1) is 12.7 Å². The van der Waals surface area contributed by atoms with Crippen LogP contribution in [0.15, 0.2) is 42.5 Å². The molecule has 5 nitrogen and oxygen atoms in total. The predicted octanol–water partition coefficient (Wildman–Crippen LogP) is 4.04. The topological polar surface area (TPSA) is 64.6 Å². The van der Waals surface area contributed by atoms with Crippen molar-refractivity contribution in [1.82, 2.24) is 0 Å². The lowest BCUT2D eigenvalue weighted by molar-refractivity contribution is -0.161. The summed E-state index contributed by atoms with van der Waals surface area (Å²) < 4.78 is 23.6. The molecule has 0 aliphatic carbocycles. The number of anilines is 1. The van der Waals surface area contributed by atoms with Crippen molar-refractivity contribution in [2.24, 2.45) is 0 Å². The van der Waals surface area contributed by atoms with E-state index in [2.05, 4.69) is 5.32 Å². The lowest BCUT2D eigenvalue weighted by atomic mass is 10.1. The van der Waals surface area contributed by atoms with Gasteiger partial charge in [0, 0.05) is 5.69 Å². The number of carbonyl (C=O) groups is 2. The normalized spacial score (nSPS) is 11.0. The maximum atomic E-state index is 13.0. The van der Waals surface area contributed by atoms with Crippen LogP contribution in [-0.4, -0.2) is 24.1 Å². The fourth-order valence-corrected chi connectivity index (χ4v) is 2.52. The minimum atomic E-state index is -1.32. The molecular weight excluding hydrogens is 349 g/mol. The number of esters is 1. The summed E-state index contributed by atoms with van der Waals surface area (Å²) in [5.74, 6) is -1.19. The number of hydrogen-bond acceptors (Lipinski definition) is 4. The van der Waals surface area contributed by atoms with Gasteiger partial charge in [-0.2, -0.15) is 0 Å².